The van der Waals surface area contributed by atoms with Crippen LogP contribution in [0.2, 0.25) is 0 Å². The molecule has 1 aliphatic rings. The standard InChI is InChI=1S/C15H14N2O4/c1-19-10-3-4-11(16)12(7-10)17-15(18)9-2-5-13-14(6-9)21-8-20-13/h2-7H,8,16H2,1H3,(H,17,18). The van der Waals surface area contributed by atoms with Gasteiger partial charge in [0.1, 0.15) is 5.75 Å². The lowest BCUT2D eigenvalue weighted by Crippen LogP contribution is -2.13. The topological polar surface area (TPSA) is 82.8 Å². The van der Waals surface area contributed by atoms with E-state index in [4.69, 9.17) is 19.9 Å². The van der Waals surface area contributed by atoms with Crippen molar-refractivity contribution >= 4 is 17.3 Å². The van der Waals surface area contributed by atoms with Crippen molar-refractivity contribution in [2.45, 2.75) is 0 Å². The van der Waals surface area contributed by atoms with Gasteiger partial charge in [0, 0.05) is 11.6 Å². The molecule has 0 spiro atoms. The second-order valence-electron chi connectivity index (χ2n) is 4.48. The molecule has 0 unspecified atom stereocenters. The number of nitrogen functional groups attached to an aromatic ring is 1. The smallest absolute Gasteiger partial charge is 0.255 e. The van der Waals surface area contributed by atoms with Crippen molar-refractivity contribution in [1.82, 2.24) is 0 Å². The molecular formula is C15H14N2O4. The molecule has 0 bridgehead atoms. The molecule has 0 saturated heterocycles. The molecule has 0 atom stereocenters. The van der Waals surface area contributed by atoms with E-state index in [2.05, 4.69) is 5.32 Å². The molecule has 0 aliphatic carbocycles. The number of fused-ring (bicyclic) bond motifs is 1. The summed E-state index contributed by atoms with van der Waals surface area (Å²) < 4.78 is 15.6. The number of hydrogen-bond acceptors (Lipinski definition) is 5. The van der Waals surface area contributed by atoms with E-state index in [1.165, 1.54) is 0 Å². The molecule has 0 fully saturated rings. The normalized spacial score (nSPS) is 12.0. The number of nitrogens with two attached hydrogens (primary N) is 1. The van der Waals surface area contributed by atoms with Crippen molar-refractivity contribution in [2.24, 2.45) is 0 Å². The van der Waals surface area contributed by atoms with Crippen molar-refractivity contribution in [3.05, 3.63) is 42.0 Å². The summed E-state index contributed by atoms with van der Waals surface area (Å²) in [5.41, 5.74) is 7.27. The number of methoxy groups -OCH3 is 1. The summed E-state index contributed by atoms with van der Waals surface area (Å²) >= 11 is 0. The van der Waals surface area contributed by atoms with Crippen LogP contribution in [0.3, 0.4) is 0 Å². The van der Waals surface area contributed by atoms with Crippen LogP contribution in [-0.4, -0.2) is 19.8 Å². The van der Waals surface area contributed by atoms with Crippen molar-refractivity contribution < 1.29 is 19.0 Å². The predicted octanol–water partition coefficient (Wildman–Crippen LogP) is 2.26. The van der Waals surface area contributed by atoms with Crippen LogP contribution in [0.4, 0.5) is 11.4 Å². The largest absolute Gasteiger partial charge is 0.497 e. The zero-order chi connectivity index (χ0) is 14.8. The second kappa shape index (κ2) is 5.24. The fourth-order valence-electron chi connectivity index (χ4n) is 2.00. The van der Waals surface area contributed by atoms with Gasteiger partial charge in [0.05, 0.1) is 18.5 Å². The summed E-state index contributed by atoms with van der Waals surface area (Å²) in [7, 11) is 1.55. The summed E-state index contributed by atoms with van der Waals surface area (Å²) in [5.74, 6) is 1.52. The van der Waals surface area contributed by atoms with Gasteiger partial charge in [0.2, 0.25) is 6.79 Å². The Hall–Kier alpha value is -2.89. The van der Waals surface area contributed by atoms with Gasteiger partial charge in [0.25, 0.3) is 5.91 Å². The molecule has 3 N–H and O–H groups in total. The van der Waals surface area contributed by atoms with E-state index in [-0.39, 0.29) is 12.7 Å². The van der Waals surface area contributed by atoms with E-state index in [0.717, 1.165) is 0 Å². The van der Waals surface area contributed by atoms with Crippen LogP contribution < -0.4 is 25.3 Å². The lowest BCUT2D eigenvalue weighted by Gasteiger charge is -2.10. The molecule has 1 amide bonds. The first-order chi connectivity index (χ1) is 10.2. The van der Waals surface area contributed by atoms with Gasteiger partial charge in [-0.3, -0.25) is 4.79 Å². The van der Waals surface area contributed by atoms with E-state index in [0.29, 0.717) is 34.2 Å². The number of benzene rings is 2. The number of anilines is 2. The van der Waals surface area contributed by atoms with Crippen LogP contribution in [0.25, 0.3) is 0 Å². The molecule has 0 aromatic heterocycles. The van der Waals surface area contributed by atoms with Crippen LogP contribution >= 0.6 is 0 Å². The fraction of sp³-hybridized carbons (Fsp3) is 0.133. The SMILES string of the molecule is COc1ccc(N)c(NC(=O)c2ccc3c(c2)OCO3)c1. The molecule has 3 rings (SSSR count). The highest BCUT2D eigenvalue weighted by Gasteiger charge is 2.16. The Labute approximate surface area is 121 Å². The number of carbonyl (C=O) groups excluding carboxylic acids is 1. The van der Waals surface area contributed by atoms with Crippen LogP contribution in [-0.2, 0) is 0 Å². The summed E-state index contributed by atoms with van der Waals surface area (Å²) in [4.78, 5) is 12.3. The van der Waals surface area contributed by atoms with Crippen molar-refractivity contribution in [3.8, 4) is 17.2 Å². The van der Waals surface area contributed by atoms with E-state index in [1.807, 2.05) is 0 Å². The fourth-order valence-corrected chi connectivity index (χ4v) is 2.00. The Morgan fingerprint density at radius 3 is 2.81 bits per heavy atom. The molecule has 0 saturated carbocycles. The summed E-state index contributed by atoms with van der Waals surface area (Å²) in [6.07, 6.45) is 0. The maximum absolute atomic E-state index is 12.3. The first-order valence-electron chi connectivity index (χ1n) is 6.32. The van der Waals surface area contributed by atoms with E-state index in [1.54, 1.807) is 43.5 Å². The van der Waals surface area contributed by atoms with E-state index >= 15 is 0 Å². The Morgan fingerprint density at radius 2 is 2.00 bits per heavy atom. The van der Waals surface area contributed by atoms with Gasteiger partial charge in [-0.1, -0.05) is 0 Å². The first kappa shape index (κ1) is 13.1. The molecule has 1 heterocycles. The predicted molar refractivity (Wildman–Crippen MR) is 77.9 cm³/mol. The van der Waals surface area contributed by atoms with Gasteiger partial charge in [-0.15, -0.1) is 0 Å². The van der Waals surface area contributed by atoms with Gasteiger partial charge in [-0.2, -0.15) is 0 Å². The monoisotopic (exact) mass is 286 g/mol. The van der Waals surface area contributed by atoms with Crippen LogP contribution in [0.15, 0.2) is 36.4 Å². The van der Waals surface area contributed by atoms with Crippen molar-refractivity contribution in [3.63, 3.8) is 0 Å². The third kappa shape index (κ3) is 2.55. The highest BCUT2D eigenvalue weighted by atomic mass is 16.7. The lowest BCUT2D eigenvalue weighted by atomic mass is 10.1. The molecule has 108 valence electrons. The minimum atomic E-state index is -0.284. The van der Waals surface area contributed by atoms with E-state index < -0.39 is 0 Å². The van der Waals surface area contributed by atoms with Crippen molar-refractivity contribution in [1.29, 1.82) is 0 Å². The zero-order valence-electron chi connectivity index (χ0n) is 11.4. The summed E-state index contributed by atoms with van der Waals surface area (Å²) in [6.45, 7) is 0.170. The minimum absolute atomic E-state index is 0.170. The van der Waals surface area contributed by atoms with Gasteiger partial charge in [0.15, 0.2) is 11.5 Å². The van der Waals surface area contributed by atoms with Gasteiger partial charge < -0.3 is 25.3 Å². The quantitative estimate of drug-likeness (QED) is 0.846. The molecule has 2 aromatic carbocycles. The molecule has 6 nitrogen and oxygen atoms in total. The Kier molecular flexibility index (Phi) is 3.27. The highest BCUT2D eigenvalue weighted by Crippen LogP contribution is 2.33. The maximum atomic E-state index is 12.3. The molecular weight excluding hydrogens is 272 g/mol. The second-order valence-corrected chi connectivity index (χ2v) is 4.48. The average Bonchev–Trinajstić information content (AvgIpc) is 2.96. The zero-order valence-corrected chi connectivity index (χ0v) is 11.4. The Balaban J connectivity index is 1.83. The van der Waals surface area contributed by atoms with Gasteiger partial charge in [-0.05, 0) is 30.3 Å². The molecule has 21 heavy (non-hydrogen) atoms. The van der Waals surface area contributed by atoms with Crippen LogP contribution in [0, 0.1) is 0 Å². The number of hydrogen-bond donors (Lipinski definition) is 2. The minimum Gasteiger partial charge on any atom is -0.497 e. The Morgan fingerprint density at radius 1 is 1.19 bits per heavy atom. The van der Waals surface area contributed by atoms with Crippen LogP contribution in [0.1, 0.15) is 10.4 Å². The number of ether oxygens (including phenoxy) is 3. The average molecular weight is 286 g/mol. The van der Waals surface area contributed by atoms with Gasteiger partial charge >= 0.3 is 0 Å². The number of carbonyl (C=O) groups is 1. The lowest BCUT2D eigenvalue weighted by molar-refractivity contribution is 0.102. The Bertz CT molecular complexity index is 700. The highest BCUT2D eigenvalue weighted by molar-refractivity contribution is 6.06. The molecule has 2 aromatic rings. The van der Waals surface area contributed by atoms with E-state index in [9.17, 15) is 4.79 Å². The maximum Gasteiger partial charge on any atom is 0.255 e. The third-order valence-electron chi connectivity index (χ3n) is 3.14. The number of rotatable bonds is 3. The van der Waals surface area contributed by atoms with Crippen LogP contribution in [0.5, 0.6) is 17.2 Å². The van der Waals surface area contributed by atoms with Crippen molar-refractivity contribution in [2.75, 3.05) is 25.0 Å². The molecule has 0 radical (unpaired) electrons. The summed E-state index contributed by atoms with van der Waals surface area (Å²) in [6, 6.07) is 10.1. The van der Waals surface area contributed by atoms with Gasteiger partial charge in [-0.25, -0.2) is 0 Å². The summed E-state index contributed by atoms with van der Waals surface area (Å²) in [5, 5.41) is 2.75. The third-order valence-corrected chi connectivity index (χ3v) is 3.14. The molecule has 6 heteroatoms. The molecule has 1 aliphatic heterocycles. The number of amides is 1. The number of nitrogens with one attached hydrogen (secondary N) is 1. The first-order valence-corrected chi connectivity index (χ1v) is 6.32.